The molecule has 0 amide bonds. The Hall–Kier alpha value is -4.02. The number of benzene rings is 3. The van der Waals surface area contributed by atoms with E-state index in [0.717, 1.165) is 66.5 Å². The van der Waals surface area contributed by atoms with E-state index in [-0.39, 0.29) is 48.3 Å². The number of ether oxygens (including phenoxy) is 5. The quantitative estimate of drug-likeness (QED) is 0.0812. The van der Waals surface area contributed by atoms with Crippen LogP contribution in [0.5, 0.6) is 11.5 Å². The molecule has 3 aromatic carbocycles. The summed E-state index contributed by atoms with van der Waals surface area (Å²) in [6.07, 6.45) is 3.00. The van der Waals surface area contributed by atoms with Gasteiger partial charge in [-0.3, -0.25) is 20.0 Å². The largest absolute Gasteiger partial charge is 0.490 e. The molecule has 294 valence electrons. The zero-order chi connectivity index (χ0) is 37.7. The first-order chi connectivity index (χ1) is 26.4. The Balaban J connectivity index is 1.12. The highest BCUT2D eigenvalue weighted by molar-refractivity contribution is 5.69. The van der Waals surface area contributed by atoms with E-state index in [0.29, 0.717) is 58.7 Å². The number of piperidine rings is 1. The third kappa shape index (κ3) is 11.3. The average Bonchev–Trinajstić information content (AvgIpc) is 3.64. The van der Waals surface area contributed by atoms with Crippen molar-refractivity contribution < 1.29 is 48.1 Å². The van der Waals surface area contributed by atoms with Gasteiger partial charge in [0.15, 0.2) is 0 Å². The molecule has 0 aliphatic carbocycles. The standard InChI is InChI=1S/C40H53FN4O9/c1-49-20-6-17-43-19-22-50-36-15-10-29(23-35(36)43)28-51-37-25-42-26-38(54-39(46)9-3-2-4-21-52-45(47)48)40(37)30-11-13-33(14-12-30)53-34-16-18-44(27-34)32-8-5-7-31(41)24-32/h5,7-8,10-15,23-24,34,37-38,40,42,47-48H,2-4,6,9,16-22,25-28H2,1H3. The summed E-state index contributed by atoms with van der Waals surface area (Å²) in [4.78, 5) is 22.2. The Morgan fingerprint density at radius 2 is 1.83 bits per heavy atom. The topological polar surface area (TPSA) is 135 Å². The minimum atomic E-state index is -0.466. The second-order valence-electron chi connectivity index (χ2n) is 14.0. The van der Waals surface area contributed by atoms with Gasteiger partial charge in [-0.1, -0.05) is 30.7 Å². The number of esters is 1. The van der Waals surface area contributed by atoms with Crippen LogP contribution in [0.3, 0.4) is 0 Å². The zero-order valence-corrected chi connectivity index (χ0v) is 30.9. The van der Waals surface area contributed by atoms with Crippen LogP contribution in [-0.4, -0.2) is 106 Å². The first-order valence-corrected chi connectivity index (χ1v) is 19.0. The number of unbranched alkanes of at least 4 members (excludes halogenated alkanes) is 2. The predicted octanol–water partition coefficient (Wildman–Crippen LogP) is 5.48. The van der Waals surface area contributed by atoms with E-state index in [2.05, 4.69) is 26.0 Å². The molecule has 0 aromatic heterocycles. The average molecular weight is 753 g/mol. The summed E-state index contributed by atoms with van der Waals surface area (Å²) in [5.41, 5.74) is 3.91. The van der Waals surface area contributed by atoms with Crippen molar-refractivity contribution in [1.29, 1.82) is 0 Å². The number of carbonyl (C=O) groups excluding carboxylic acids is 1. The summed E-state index contributed by atoms with van der Waals surface area (Å²) in [6, 6.07) is 20.8. The molecule has 3 aromatic rings. The van der Waals surface area contributed by atoms with Crippen LogP contribution in [0.4, 0.5) is 15.8 Å². The third-order valence-corrected chi connectivity index (χ3v) is 10.1. The summed E-state index contributed by atoms with van der Waals surface area (Å²) in [5.74, 6) is 0.819. The molecule has 0 radical (unpaired) electrons. The van der Waals surface area contributed by atoms with Crippen LogP contribution in [-0.2, 0) is 30.4 Å². The molecule has 3 aliphatic heterocycles. The molecule has 3 heterocycles. The Labute approximate surface area is 316 Å². The maximum absolute atomic E-state index is 13.8. The normalized spacial score (nSPS) is 21.2. The van der Waals surface area contributed by atoms with Gasteiger partial charge in [0.25, 0.3) is 0 Å². The van der Waals surface area contributed by atoms with Gasteiger partial charge in [0.1, 0.15) is 36.1 Å². The van der Waals surface area contributed by atoms with Crippen molar-refractivity contribution in [2.24, 2.45) is 0 Å². The van der Waals surface area contributed by atoms with Crippen molar-refractivity contribution in [3.63, 3.8) is 0 Å². The van der Waals surface area contributed by atoms with Crippen molar-refractivity contribution in [2.75, 3.05) is 76.0 Å². The van der Waals surface area contributed by atoms with Crippen LogP contribution in [0, 0.1) is 5.82 Å². The Kier molecular flexibility index (Phi) is 14.7. The van der Waals surface area contributed by atoms with Crippen LogP contribution >= 0.6 is 0 Å². The molecule has 54 heavy (non-hydrogen) atoms. The number of nitrogens with zero attached hydrogens (tertiary/aromatic N) is 3. The molecule has 14 heteroatoms. The highest BCUT2D eigenvalue weighted by Crippen LogP contribution is 2.35. The monoisotopic (exact) mass is 752 g/mol. The lowest BCUT2D eigenvalue weighted by Crippen LogP contribution is -2.51. The van der Waals surface area contributed by atoms with Gasteiger partial charge >= 0.3 is 5.97 Å². The molecular weight excluding hydrogens is 699 g/mol. The molecule has 4 unspecified atom stereocenters. The van der Waals surface area contributed by atoms with E-state index in [1.54, 1.807) is 19.2 Å². The lowest BCUT2D eigenvalue weighted by molar-refractivity contribution is -0.492. The zero-order valence-electron chi connectivity index (χ0n) is 30.9. The minimum absolute atomic E-state index is 0.0292. The number of hydrogen-bond donors (Lipinski definition) is 3. The van der Waals surface area contributed by atoms with Crippen molar-refractivity contribution >= 4 is 17.3 Å². The molecule has 3 aliphatic rings. The van der Waals surface area contributed by atoms with E-state index >= 15 is 0 Å². The van der Waals surface area contributed by atoms with E-state index in [1.165, 1.54) is 6.07 Å². The van der Waals surface area contributed by atoms with Crippen molar-refractivity contribution in [3.05, 3.63) is 83.7 Å². The summed E-state index contributed by atoms with van der Waals surface area (Å²) in [7, 11) is 1.72. The van der Waals surface area contributed by atoms with Crippen LogP contribution in [0.1, 0.15) is 55.6 Å². The third-order valence-electron chi connectivity index (χ3n) is 10.1. The van der Waals surface area contributed by atoms with E-state index in [1.807, 2.05) is 42.5 Å². The molecule has 6 rings (SSSR count). The SMILES string of the molecule is COCCCN1CCOc2ccc(COC3CNCC(OC(=O)CCCCCON(O)O)C3c3ccc(OC4CCN(c5cccc(F)c5)C4)cc3)cc21. The van der Waals surface area contributed by atoms with Gasteiger partial charge in [-0.2, -0.15) is 0 Å². The van der Waals surface area contributed by atoms with E-state index in [4.69, 9.17) is 34.1 Å². The molecule has 4 atom stereocenters. The van der Waals surface area contributed by atoms with Crippen LogP contribution in [0.2, 0.25) is 0 Å². The number of hydrogen-bond acceptors (Lipinski definition) is 13. The Bertz CT molecular complexity index is 1620. The summed E-state index contributed by atoms with van der Waals surface area (Å²) >= 11 is 0. The summed E-state index contributed by atoms with van der Waals surface area (Å²) in [5, 5.41) is 20.5. The molecule has 2 fully saturated rings. The number of anilines is 2. The fraction of sp³-hybridized carbons (Fsp3) is 0.525. The minimum Gasteiger partial charge on any atom is -0.490 e. The van der Waals surface area contributed by atoms with Crippen LogP contribution in [0.25, 0.3) is 0 Å². The first kappa shape index (κ1) is 39.7. The second-order valence-corrected chi connectivity index (χ2v) is 14.0. The number of fused-ring (bicyclic) bond motifs is 1. The summed E-state index contributed by atoms with van der Waals surface area (Å²) in [6.45, 7) is 6.04. The number of methoxy groups -OCH3 is 1. The highest BCUT2D eigenvalue weighted by atomic mass is 19.1. The van der Waals surface area contributed by atoms with Gasteiger partial charge in [-0.15, -0.1) is 0 Å². The molecular formula is C40H53FN4O9. The van der Waals surface area contributed by atoms with Crippen LogP contribution in [0.15, 0.2) is 66.7 Å². The van der Waals surface area contributed by atoms with Gasteiger partial charge in [0.05, 0.1) is 43.5 Å². The molecule has 3 N–H and O–H groups in total. The molecule has 0 spiro atoms. The maximum atomic E-state index is 13.8. The van der Waals surface area contributed by atoms with Gasteiger partial charge in [-0.25, -0.2) is 4.39 Å². The fourth-order valence-electron chi connectivity index (χ4n) is 7.43. The van der Waals surface area contributed by atoms with Crippen LogP contribution < -0.4 is 24.6 Å². The molecule has 13 nitrogen and oxygen atoms in total. The molecule has 2 saturated heterocycles. The lowest BCUT2D eigenvalue weighted by atomic mass is 9.85. The van der Waals surface area contributed by atoms with Crippen molar-refractivity contribution in [1.82, 2.24) is 10.7 Å². The van der Waals surface area contributed by atoms with Crippen molar-refractivity contribution in [3.8, 4) is 11.5 Å². The fourth-order valence-corrected chi connectivity index (χ4v) is 7.43. The maximum Gasteiger partial charge on any atom is 0.306 e. The Morgan fingerprint density at radius 1 is 0.981 bits per heavy atom. The summed E-state index contributed by atoms with van der Waals surface area (Å²) < 4.78 is 44.2. The first-order valence-electron chi connectivity index (χ1n) is 19.0. The highest BCUT2D eigenvalue weighted by Gasteiger charge is 2.38. The number of nitrogens with one attached hydrogen (secondary N) is 1. The van der Waals surface area contributed by atoms with E-state index in [9.17, 15) is 9.18 Å². The second kappa shape index (κ2) is 20.1. The number of carbonyl (C=O) groups is 1. The lowest BCUT2D eigenvalue weighted by Gasteiger charge is -2.38. The van der Waals surface area contributed by atoms with E-state index < -0.39 is 6.10 Å². The van der Waals surface area contributed by atoms with Gasteiger partial charge < -0.3 is 38.8 Å². The smallest absolute Gasteiger partial charge is 0.306 e. The van der Waals surface area contributed by atoms with Gasteiger partial charge in [-0.05, 0) is 72.9 Å². The molecule has 0 saturated carbocycles. The number of halogens is 1. The number of rotatable bonds is 19. The van der Waals surface area contributed by atoms with Gasteiger partial charge in [0.2, 0.25) is 0 Å². The molecule has 0 bridgehead atoms. The van der Waals surface area contributed by atoms with Crippen molar-refractivity contribution in [2.45, 2.75) is 69.4 Å². The predicted molar refractivity (Wildman–Crippen MR) is 199 cm³/mol. The van der Waals surface area contributed by atoms with Gasteiger partial charge in [0, 0.05) is 64.3 Å². The Morgan fingerprint density at radius 3 is 2.65 bits per heavy atom.